The largest absolute Gasteiger partial charge is 0.421 e. The first kappa shape index (κ1) is 24.8. The number of hydrogen-bond donors (Lipinski definition) is 1. The van der Waals surface area contributed by atoms with Crippen molar-refractivity contribution in [3.05, 3.63) is 83.1 Å². The number of nitrogens with zero attached hydrogens (tertiary/aromatic N) is 2. The molecule has 35 heavy (non-hydrogen) atoms. The highest BCUT2D eigenvalue weighted by atomic mass is 19.4. The Balaban J connectivity index is 1.73. The predicted octanol–water partition coefficient (Wildman–Crippen LogP) is 4.92. The van der Waals surface area contributed by atoms with Crippen LogP contribution in [0, 0.1) is 17.5 Å². The molecule has 5 nitrogen and oxygen atoms in total. The van der Waals surface area contributed by atoms with Crippen molar-refractivity contribution in [2.24, 2.45) is 0 Å². The normalized spacial score (nSPS) is 20.6. The van der Waals surface area contributed by atoms with Gasteiger partial charge in [-0.25, -0.2) is 18.2 Å². The summed E-state index contributed by atoms with van der Waals surface area (Å²) < 4.78 is 90.4. The van der Waals surface area contributed by atoms with Crippen molar-refractivity contribution in [3.8, 4) is 11.3 Å². The highest BCUT2D eigenvalue weighted by Crippen LogP contribution is 2.49. The number of ether oxygens (including phenoxy) is 1. The van der Waals surface area contributed by atoms with E-state index in [2.05, 4.69) is 9.97 Å². The molecule has 0 radical (unpaired) electrons. The van der Waals surface area contributed by atoms with Gasteiger partial charge >= 0.3 is 6.18 Å². The molecule has 1 saturated heterocycles. The van der Waals surface area contributed by atoms with Crippen LogP contribution in [-0.2, 0) is 16.8 Å². The number of hydrogen-bond acceptors (Lipinski definition) is 5. The second-order valence-electron chi connectivity index (χ2n) is 8.08. The smallest absolute Gasteiger partial charge is 0.393 e. The summed E-state index contributed by atoms with van der Waals surface area (Å²) in [7, 11) is 0. The third-order valence-electron chi connectivity index (χ3n) is 5.80. The number of Topliss-reactive ketones (excluding diaryl/α,β-unsaturated/α-hetero) is 1. The van der Waals surface area contributed by atoms with E-state index in [9.17, 15) is 36.2 Å². The molecule has 1 aliphatic heterocycles. The molecule has 0 amide bonds. The first-order valence-electron chi connectivity index (χ1n) is 10.5. The lowest BCUT2D eigenvalue weighted by Gasteiger charge is -2.41. The summed E-state index contributed by atoms with van der Waals surface area (Å²) >= 11 is 0. The zero-order valence-corrected chi connectivity index (χ0v) is 18.0. The standard InChI is InChI=1S/C24H18F6N2O3/c25-16-2-1-3-17(26)21(16)22-18(27)4-5-19(32-22)20(34)10-13-12-31-8-6-15(13)23(24(28,29)30)11-14(33)7-9-35-23/h1-6,8,12,14,33H,7,9-11H2/t14-,23+/m1/s1. The molecule has 1 N–H and O–H groups in total. The summed E-state index contributed by atoms with van der Waals surface area (Å²) in [5, 5.41) is 9.96. The fraction of sp³-hybridized carbons (Fsp3) is 0.292. The molecule has 0 saturated carbocycles. The molecule has 1 fully saturated rings. The summed E-state index contributed by atoms with van der Waals surface area (Å²) in [6, 6.07) is 5.69. The second kappa shape index (κ2) is 9.38. The number of ketones is 1. The molecule has 0 unspecified atom stereocenters. The van der Waals surface area contributed by atoms with Gasteiger partial charge in [-0.1, -0.05) is 6.07 Å². The quantitative estimate of drug-likeness (QED) is 0.401. The van der Waals surface area contributed by atoms with Crippen LogP contribution < -0.4 is 0 Å². The zero-order chi connectivity index (χ0) is 25.4. The minimum Gasteiger partial charge on any atom is -0.393 e. The number of carbonyl (C=O) groups is 1. The van der Waals surface area contributed by atoms with Gasteiger partial charge in [0.1, 0.15) is 28.8 Å². The highest BCUT2D eigenvalue weighted by molar-refractivity contribution is 5.96. The summed E-state index contributed by atoms with van der Waals surface area (Å²) in [6.45, 7) is -0.354. The second-order valence-corrected chi connectivity index (χ2v) is 8.08. The summed E-state index contributed by atoms with van der Waals surface area (Å²) in [4.78, 5) is 20.5. The Kier molecular flexibility index (Phi) is 6.65. The van der Waals surface area contributed by atoms with Crippen LogP contribution in [-0.4, -0.2) is 39.7 Å². The minimum absolute atomic E-state index is 0.0199. The van der Waals surface area contributed by atoms with Gasteiger partial charge in [-0.3, -0.25) is 9.78 Å². The van der Waals surface area contributed by atoms with Crippen LogP contribution in [0.5, 0.6) is 0 Å². The number of rotatable bonds is 5. The van der Waals surface area contributed by atoms with E-state index in [1.165, 1.54) is 0 Å². The van der Waals surface area contributed by atoms with E-state index in [1.807, 2.05) is 0 Å². The molecule has 2 aromatic heterocycles. The molecule has 3 aromatic rings. The Morgan fingerprint density at radius 1 is 1.09 bits per heavy atom. The van der Waals surface area contributed by atoms with Crippen molar-refractivity contribution in [1.29, 1.82) is 0 Å². The van der Waals surface area contributed by atoms with Crippen LogP contribution in [0.25, 0.3) is 11.3 Å². The maximum absolute atomic E-state index is 14.3. The van der Waals surface area contributed by atoms with Gasteiger partial charge in [-0.15, -0.1) is 0 Å². The van der Waals surface area contributed by atoms with Crippen molar-refractivity contribution >= 4 is 5.78 Å². The number of aliphatic hydroxyl groups is 1. The zero-order valence-electron chi connectivity index (χ0n) is 18.0. The number of aliphatic hydroxyl groups excluding tert-OH is 1. The Morgan fingerprint density at radius 2 is 1.80 bits per heavy atom. The average molecular weight is 496 g/mol. The van der Waals surface area contributed by atoms with Crippen molar-refractivity contribution in [2.75, 3.05) is 6.61 Å². The third kappa shape index (κ3) is 4.65. The van der Waals surface area contributed by atoms with Crippen molar-refractivity contribution in [3.63, 3.8) is 0 Å². The number of halogens is 6. The lowest BCUT2D eigenvalue weighted by atomic mass is 9.81. The molecule has 4 rings (SSSR count). The predicted molar refractivity (Wildman–Crippen MR) is 111 cm³/mol. The van der Waals surface area contributed by atoms with E-state index in [4.69, 9.17) is 4.74 Å². The molecular weight excluding hydrogens is 478 g/mol. The van der Waals surface area contributed by atoms with Gasteiger partial charge in [0.15, 0.2) is 11.4 Å². The van der Waals surface area contributed by atoms with Crippen LogP contribution in [0.15, 0.2) is 48.8 Å². The molecule has 3 heterocycles. The van der Waals surface area contributed by atoms with E-state index in [0.717, 1.165) is 48.8 Å². The van der Waals surface area contributed by atoms with Crippen LogP contribution in [0.1, 0.15) is 34.5 Å². The lowest BCUT2D eigenvalue weighted by Crippen LogP contribution is -2.51. The summed E-state index contributed by atoms with van der Waals surface area (Å²) in [5.41, 5.74) is -5.33. The summed E-state index contributed by atoms with van der Waals surface area (Å²) in [6.07, 6.45) is -5.42. The maximum atomic E-state index is 14.3. The number of pyridine rings is 2. The number of alkyl halides is 3. The SMILES string of the molecule is O=C(Cc1cnccc1[C@]1(C(F)(F)F)C[C@H](O)CCO1)c1ccc(F)c(-c2c(F)cccc2F)n1. The van der Waals surface area contributed by atoms with Crippen LogP contribution in [0.4, 0.5) is 26.3 Å². The fourth-order valence-corrected chi connectivity index (χ4v) is 4.12. The summed E-state index contributed by atoms with van der Waals surface area (Å²) in [5.74, 6) is -4.13. The average Bonchev–Trinajstić information content (AvgIpc) is 2.79. The van der Waals surface area contributed by atoms with Crippen molar-refractivity contribution < 1.29 is 41.0 Å². The Bertz CT molecular complexity index is 1250. The molecule has 0 spiro atoms. The fourth-order valence-electron chi connectivity index (χ4n) is 4.12. The number of carbonyl (C=O) groups excluding carboxylic acids is 1. The monoisotopic (exact) mass is 496 g/mol. The number of aromatic nitrogens is 2. The van der Waals surface area contributed by atoms with Gasteiger partial charge in [0.05, 0.1) is 18.3 Å². The molecule has 1 aliphatic rings. The Morgan fingerprint density at radius 3 is 2.46 bits per heavy atom. The van der Waals surface area contributed by atoms with E-state index in [1.54, 1.807) is 0 Å². The minimum atomic E-state index is -4.92. The van der Waals surface area contributed by atoms with Gasteiger partial charge in [0.2, 0.25) is 0 Å². The van der Waals surface area contributed by atoms with Crippen LogP contribution in [0.2, 0.25) is 0 Å². The first-order valence-corrected chi connectivity index (χ1v) is 10.5. The molecule has 0 aliphatic carbocycles. The van der Waals surface area contributed by atoms with Crippen molar-refractivity contribution in [2.45, 2.75) is 37.1 Å². The molecule has 184 valence electrons. The van der Waals surface area contributed by atoms with Gasteiger partial charge in [0, 0.05) is 25.2 Å². The molecule has 11 heteroatoms. The Labute approximate surface area is 195 Å². The van der Waals surface area contributed by atoms with Gasteiger partial charge < -0.3 is 9.84 Å². The lowest BCUT2D eigenvalue weighted by molar-refractivity contribution is -0.306. The van der Waals surface area contributed by atoms with E-state index in [0.29, 0.717) is 0 Å². The molecule has 1 aromatic carbocycles. The Hall–Kier alpha value is -3.31. The molecule has 0 bridgehead atoms. The van der Waals surface area contributed by atoms with E-state index < -0.39 is 76.5 Å². The van der Waals surface area contributed by atoms with Gasteiger partial charge in [-0.2, -0.15) is 13.2 Å². The van der Waals surface area contributed by atoms with Crippen LogP contribution >= 0.6 is 0 Å². The molecule has 2 atom stereocenters. The van der Waals surface area contributed by atoms with Gasteiger partial charge in [0.25, 0.3) is 0 Å². The van der Waals surface area contributed by atoms with E-state index in [-0.39, 0.29) is 18.6 Å². The maximum Gasteiger partial charge on any atom is 0.421 e. The first-order chi connectivity index (χ1) is 16.5. The highest BCUT2D eigenvalue weighted by Gasteiger charge is 2.60. The van der Waals surface area contributed by atoms with Crippen LogP contribution in [0.3, 0.4) is 0 Å². The van der Waals surface area contributed by atoms with Crippen molar-refractivity contribution in [1.82, 2.24) is 9.97 Å². The third-order valence-corrected chi connectivity index (χ3v) is 5.80. The molecular formula is C24H18F6N2O3. The van der Waals surface area contributed by atoms with Gasteiger partial charge in [-0.05, 0) is 47.9 Å². The number of benzene rings is 1. The van der Waals surface area contributed by atoms with E-state index >= 15 is 0 Å². The topological polar surface area (TPSA) is 72.3 Å².